The maximum Gasteiger partial charge on any atom is 0.269 e. The number of fused-ring (bicyclic) bond motifs is 1. The fourth-order valence-electron chi connectivity index (χ4n) is 2.98. The van der Waals surface area contributed by atoms with Crippen LogP contribution in [0.2, 0.25) is 5.02 Å². The smallest absolute Gasteiger partial charge is 0.269 e. The van der Waals surface area contributed by atoms with Gasteiger partial charge in [-0.05, 0) is 42.4 Å². The van der Waals surface area contributed by atoms with Gasteiger partial charge in [0, 0.05) is 24.0 Å². The Kier molecular flexibility index (Phi) is 4.97. The highest BCUT2D eigenvalue weighted by molar-refractivity contribution is 8.19. The number of carbonyl (C=O) groups is 1. The van der Waals surface area contributed by atoms with Crippen molar-refractivity contribution in [1.29, 1.82) is 0 Å². The standard InChI is InChI=1S/C20H18ClN3OS2/c1-12(13-7-5-4-6-8-13)22-20-24(3)18(25)17(27-20)19-23(2)15-11-14(21)9-10-16(15)26-19/h4-12H,1-3H3/b19-17-,22-20?/t12-/m1/s1. The first-order valence-corrected chi connectivity index (χ1v) is 10.5. The van der Waals surface area contributed by atoms with Crippen LogP contribution < -0.4 is 4.90 Å². The summed E-state index contributed by atoms with van der Waals surface area (Å²) in [4.78, 5) is 23.1. The maximum atomic E-state index is 12.9. The van der Waals surface area contributed by atoms with E-state index in [4.69, 9.17) is 16.6 Å². The molecule has 4 rings (SSSR count). The van der Waals surface area contributed by atoms with E-state index >= 15 is 0 Å². The molecule has 1 fully saturated rings. The van der Waals surface area contributed by atoms with Crippen molar-refractivity contribution in [1.82, 2.24) is 4.90 Å². The molecule has 0 unspecified atom stereocenters. The fourth-order valence-corrected chi connectivity index (χ4v) is 5.52. The molecule has 1 atom stereocenters. The fraction of sp³-hybridized carbons (Fsp3) is 0.200. The van der Waals surface area contributed by atoms with Gasteiger partial charge in [0.15, 0.2) is 5.17 Å². The van der Waals surface area contributed by atoms with E-state index in [2.05, 4.69) is 12.1 Å². The minimum Gasteiger partial charge on any atom is -0.337 e. The lowest BCUT2D eigenvalue weighted by Crippen LogP contribution is -2.25. The Hall–Kier alpha value is -1.89. The molecule has 2 aliphatic rings. The Labute approximate surface area is 172 Å². The summed E-state index contributed by atoms with van der Waals surface area (Å²) >= 11 is 9.17. The van der Waals surface area contributed by atoms with Crippen LogP contribution in [0.5, 0.6) is 0 Å². The average Bonchev–Trinajstić information content (AvgIpc) is 3.14. The minimum atomic E-state index is -0.0211. The van der Waals surface area contributed by atoms with Crippen LogP contribution in [0.25, 0.3) is 0 Å². The van der Waals surface area contributed by atoms with Gasteiger partial charge in [0.25, 0.3) is 5.91 Å². The van der Waals surface area contributed by atoms with E-state index in [0.29, 0.717) is 9.93 Å². The number of aliphatic imine (C=N–C) groups is 1. The zero-order valence-electron chi connectivity index (χ0n) is 15.1. The van der Waals surface area contributed by atoms with Gasteiger partial charge in [-0.25, -0.2) is 0 Å². The molecule has 27 heavy (non-hydrogen) atoms. The second-order valence-electron chi connectivity index (χ2n) is 6.37. The van der Waals surface area contributed by atoms with Crippen LogP contribution in [-0.2, 0) is 4.79 Å². The lowest BCUT2D eigenvalue weighted by atomic mass is 10.1. The van der Waals surface area contributed by atoms with Gasteiger partial charge in [-0.1, -0.05) is 53.7 Å². The predicted molar refractivity (Wildman–Crippen MR) is 115 cm³/mol. The van der Waals surface area contributed by atoms with Gasteiger partial charge in [-0.2, -0.15) is 0 Å². The molecule has 0 saturated carbocycles. The quantitative estimate of drug-likeness (QED) is 0.617. The van der Waals surface area contributed by atoms with Gasteiger partial charge in [-0.15, -0.1) is 0 Å². The Morgan fingerprint density at radius 1 is 1.04 bits per heavy atom. The molecule has 0 radical (unpaired) electrons. The topological polar surface area (TPSA) is 35.9 Å². The van der Waals surface area contributed by atoms with E-state index in [1.165, 1.54) is 11.8 Å². The number of likely N-dealkylation sites (N-methyl/N-ethyl adjacent to an activating group) is 1. The van der Waals surface area contributed by atoms with Crippen LogP contribution in [0.15, 0.2) is 68.4 Å². The molecule has 1 amide bonds. The Morgan fingerprint density at radius 2 is 1.78 bits per heavy atom. The zero-order chi connectivity index (χ0) is 19.1. The van der Waals surface area contributed by atoms with E-state index in [0.717, 1.165) is 26.3 Å². The molecule has 4 nitrogen and oxygen atoms in total. The predicted octanol–water partition coefficient (Wildman–Crippen LogP) is 5.37. The van der Waals surface area contributed by atoms with Crippen LogP contribution in [-0.4, -0.2) is 30.1 Å². The number of rotatable bonds is 2. The van der Waals surface area contributed by atoms with Crippen molar-refractivity contribution in [2.75, 3.05) is 19.0 Å². The number of benzene rings is 2. The molecular weight excluding hydrogens is 398 g/mol. The van der Waals surface area contributed by atoms with Crippen LogP contribution in [0.1, 0.15) is 18.5 Å². The van der Waals surface area contributed by atoms with Gasteiger partial charge in [0.2, 0.25) is 0 Å². The van der Waals surface area contributed by atoms with E-state index < -0.39 is 0 Å². The van der Waals surface area contributed by atoms with Gasteiger partial charge in [0.05, 0.1) is 16.8 Å². The number of carbonyl (C=O) groups excluding carboxylic acids is 1. The Balaban J connectivity index is 1.66. The maximum absolute atomic E-state index is 12.9. The molecule has 2 aromatic rings. The molecule has 1 saturated heterocycles. The first kappa shape index (κ1) is 18.5. The number of thioether (sulfide) groups is 2. The van der Waals surface area contributed by atoms with Crippen molar-refractivity contribution in [2.45, 2.75) is 17.9 Å². The lowest BCUT2D eigenvalue weighted by Gasteiger charge is -2.14. The Bertz CT molecular complexity index is 974. The third kappa shape index (κ3) is 3.37. The van der Waals surface area contributed by atoms with Crippen LogP contribution in [0.4, 0.5) is 5.69 Å². The SMILES string of the molecule is C[C@@H](N=C1S/C(=C2\Sc3ccc(Cl)cc3N2C)C(=O)N1C)c1ccccc1. The molecular formula is C20H18ClN3OS2. The summed E-state index contributed by atoms with van der Waals surface area (Å²) in [6.07, 6.45) is 0. The van der Waals surface area contributed by atoms with Gasteiger partial charge >= 0.3 is 0 Å². The van der Waals surface area contributed by atoms with Crippen molar-refractivity contribution in [3.8, 4) is 0 Å². The van der Waals surface area contributed by atoms with E-state index in [-0.39, 0.29) is 11.9 Å². The molecule has 0 aromatic heterocycles. The lowest BCUT2D eigenvalue weighted by molar-refractivity contribution is -0.121. The monoisotopic (exact) mass is 415 g/mol. The summed E-state index contributed by atoms with van der Waals surface area (Å²) in [7, 11) is 3.75. The summed E-state index contributed by atoms with van der Waals surface area (Å²) < 4.78 is 0. The first-order chi connectivity index (χ1) is 13.0. The van der Waals surface area contributed by atoms with Crippen molar-refractivity contribution >= 4 is 51.9 Å². The number of amidine groups is 1. The molecule has 2 aromatic carbocycles. The summed E-state index contributed by atoms with van der Waals surface area (Å²) in [6, 6.07) is 15.9. The van der Waals surface area contributed by atoms with E-state index in [9.17, 15) is 4.79 Å². The largest absolute Gasteiger partial charge is 0.337 e. The molecule has 7 heteroatoms. The zero-order valence-corrected chi connectivity index (χ0v) is 17.5. The van der Waals surface area contributed by atoms with Crippen LogP contribution >= 0.6 is 35.1 Å². The number of halogens is 1. The Morgan fingerprint density at radius 3 is 2.52 bits per heavy atom. The number of nitrogens with zero attached hydrogens (tertiary/aromatic N) is 3. The summed E-state index contributed by atoms with van der Waals surface area (Å²) in [6.45, 7) is 2.04. The highest BCUT2D eigenvalue weighted by Gasteiger charge is 2.37. The van der Waals surface area contributed by atoms with Crippen molar-refractivity contribution in [3.05, 3.63) is 69.1 Å². The third-order valence-corrected chi connectivity index (χ3v) is 7.29. The normalized spacial score (nSPS) is 21.9. The molecule has 0 N–H and O–H groups in total. The number of anilines is 1. The molecule has 138 valence electrons. The highest BCUT2D eigenvalue weighted by atomic mass is 35.5. The summed E-state index contributed by atoms with van der Waals surface area (Å²) in [5.41, 5.74) is 2.15. The third-order valence-electron chi connectivity index (χ3n) is 4.55. The summed E-state index contributed by atoms with van der Waals surface area (Å²) in [5.74, 6) is -0.0211. The molecule has 0 aliphatic carbocycles. The minimum absolute atomic E-state index is 0.0155. The summed E-state index contributed by atoms with van der Waals surface area (Å²) in [5, 5.41) is 2.34. The molecule has 2 aliphatic heterocycles. The van der Waals surface area contributed by atoms with Crippen molar-refractivity contribution in [2.24, 2.45) is 4.99 Å². The van der Waals surface area contributed by atoms with Gasteiger partial charge in [0.1, 0.15) is 4.91 Å². The number of hydrogen-bond donors (Lipinski definition) is 0. The highest BCUT2D eigenvalue weighted by Crippen LogP contribution is 2.50. The van der Waals surface area contributed by atoms with Crippen LogP contribution in [0, 0.1) is 0 Å². The number of amides is 1. The van der Waals surface area contributed by atoms with Gasteiger partial charge in [-0.3, -0.25) is 14.7 Å². The second-order valence-corrected chi connectivity index (χ2v) is 8.82. The first-order valence-electron chi connectivity index (χ1n) is 8.50. The second kappa shape index (κ2) is 7.26. The molecule has 0 bridgehead atoms. The van der Waals surface area contributed by atoms with E-state index in [1.807, 2.05) is 55.3 Å². The molecule has 2 heterocycles. The number of hydrogen-bond acceptors (Lipinski definition) is 5. The molecule has 0 spiro atoms. The van der Waals surface area contributed by atoms with Crippen molar-refractivity contribution < 1.29 is 4.79 Å². The average molecular weight is 416 g/mol. The van der Waals surface area contributed by atoms with Crippen LogP contribution in [0.3, 0.4) is 0 Å². The van der Waals surface area contributed by atoms with Gasteiger partial charge < -0.3 is 4.90 Å². The van der Waals surface area contributed by atoms with Crippen molar-refractivity contribution in [3.63, 3.8) is 0 Å². The van der Waals surface area contributed by atoms with E-state index in [1.54, 1.807) is 23.7 Å².